The van der Waals surface area contributed by atoms with Crippen molar-refractivity contribution >= 4 is 23.8 Å². The lowest BCUT2D eigenvalue weighted by Gasteiger charge is -2.15. The average molecular weight is 288 g/mol. The molecule has 1 unspecified atom stereocenters. The Morgan fingerprint density at radius 1 is 1.37 bits per heavy atom. The van der Waals surface area contributed by atoms with E-state index in [4.69, 9.17) is 5.11 Å². The number of thioether (sulfide) groups is 1. The second-order valence-electron chi connectivity index (χ2n) is 5.01. The van der Waals surface area contributed by atoms with Gasteiger partial charge >= 0.3 is 12.0 Å². The van der Waals surface area contributed by atoms with Gasteiger partial charge in [0.15, 0.2) is 0 Å². The zero-order valence-electron chi connectivity index (χ0n) is 11.5. The van der Waals surface area contributed by atoms with E-state index in [9.17, 15) is 9.59 Å². The maximum absolute atomic E-state index is 11.6. The van der Waals surface area contributed by atoms with Gasteiger partial charge in [-0.15, -0.1) is 0 Å². The molecule has 5 nitrogen and oxygen atoms in total. The minimum absolute atomic E-state index is 0.369. The standard InChI is InChI=1S/C13H24N2O3S/c1-19-9-7-11(12(16)17)15-13(18)14-8-6-10-4-2-3-5-10/h10-11H,2-9H2,1H3,(H,16,17)(H2,14,15,18). The van der Waals surface area contributed by atoms with Crippen LogP contribution >= 0.6 is 11.8 Å². The average Bonchev–Trinajstić information content (AvgIpc) is 2.87. The van der Waals surface area contributed by atoms with E-state index in [1.54, 1.807) is 11.8 Å². The van der Waals surface area contributed by atoms with Crippen molar-refractivity contribution in [3.8, 4) is 0 Å². The molecule has 0 spiro atoms. The largest absolute Gasteiger partial charge is 0.480 e. The minimum atomic E-state index is -0.972. The smallest absolute Gasteiger partial charge is 0.326 e. The highest BCUT2D eigenvalue weighted by atomic mass is 32.2. The number of carboxylic acid groups (broad SMARTS) is 1. The lowest BCUT2D eigenvalue weighted by atomic mass is 10.0. The Balaban J connectivity index is 2.17. The number of carboxylic acids is 1. The highest BCUT2D eigenvalue weighted by Gasteiger charge is 2.19. The first-order valence-electron chi connectivity index (χ1n) is 6.89. The molecule has 2 amide bonds. The summed E-state index contributed by atoms with van der Waals surface area (Å²) in [5.74, 6) is 0.478. The van der Waals surface area contributed by atoms with Crippen LogP contribution in [0.1, 0.15) is 38.5 Å². The van der Waals surface area contributed by atoms with Gasteiger partial charge in [-0.3, -0.25) is 0 Å². The number of carbonyl (C=O) groups excluding carboxylic acids is 1. The van der Waals surface area contributed by atoms with Crippen LogP contribution in [0.5, 0.6) is 0 Å². The van der Waals surface area contributed by atoms with Crippen LogP contribution in [0.4, 0.5) is 4.79 Å². The number of nitrogens with one attached hydrogen (secondary N) is 2. The fourth-order valence-electron chi connectivity index (χ4n) is 2.39. The van der Waals surface area contributed by atoms with E-state index in [1.807, 2.05) is 6.26 Å². The number of hydrogen-bond donors (Lipinski definition) is 3. The van der Waals surface area contributed by atoms with Crippen LogP contribution in [0.15, 0.2) is 0 Å². The van der Waals surface area contributed by atoms with Crippen molar-refractivity contribution in [2.24, 2.45) is 5.92 Å². The molecule has 0 bridgehead atoms. The fraction of sp³-hybridized carbons (Fsp3) is 0.846. The summed E-state index contributed by atoms with van der Waals surface area (Å²) in [5, 5.41) is 14.3. The van der Waals surface area contributed by atoms with Gasteiger partial charge in [0.2, 0.25) is 0 Å². The molecule has 1 fully saturated rings. The van der Waals surface area contributed by atoms with Crippen LogP contribution in [0.25, 0.3) is 0 Å². The van der Waals surface area contributed by atoms with Crippen molar-refractivity contribution in [2.75, 3.05) is 18.6 Å². The zero-order valence-corrected chi connectivity index (χ0v) is 12.3. The molecule has 0 aromatic rings. The Morgan fingerprint density at radius 3 is 2.63 bits per heavy atom. The fourth-order valence-corrected chi connectivity index (χ4v) is 2.86. The zero-order chi connectivity index (χ0) is 14.1. The molecule has 1 saturated carbocycles. The molecule has 110 valence electrons. The predicted octanol–water partition coefficient (Wildman–Crippen LogP) is 2.07. The molecule has 1 aliphatic rings. The molecule has 0 aliphatic heterocycles. The first kappa shape index (κ1) is 16.1. The van der Waals surface area contributed by atoms with Gasteiger partial charge in [-0.2, -0.15) is 11.8 Å². The van der Waals surface area contributed by atoms with Gasteiger partial charge in [0.1, 0.15) is 6.04 Å². The topological polar surface area (TPSA) is 78.4 Å². The molecular weight excluding hydrogens is 264 g/mol. The summed E-state index contributed by atoms with van der Waals surface area (Å²) in [6.07, 6.45) is 8.48. The first-order valence-corrected chi connectivity index (χ1v) is 8.29. The Bertz CT molecular complexity index is 294. The normalized spacial score (nSPS) is 17.1. The van der Waals surface area contributed by atoms with Crippen molar-refractivity contribution in [2.45, 2.75) is 44.6 Å². The monoisotopic (exact) mass is 288 g/mol. The van der Waals surface area contributed by atoms with Crippen molar-refractivity contribution in [3.05, 3.63) is 0 Å². The summed E-state index contributed by atoms with van der Waals surface area (Å²) in [6, 6.07) is -1.16. The van der Waals surface area contributed by atoms with Crippen molar-refractivity contribution < 1.29 is 14.7 Å². The molecule has 19 heavy (non-hydrogen) atoms. The van der Waals surface area contributed by atoms with Crippen molar-refractivity contribution in [1.82, 2.24) is 10.6 Å². The highest BCUT2D eigenvalue weighted by molar-refractivity contribution is 7.98. The van der Waals surface area contributed by atoms with Gasteiger partial charge in [-0.1, -0.05) is 25.7 Å². The van der Waals surface area contributed by atoms with Gasteiger partial charge in [-0.25, -0.2) is 9.59 Å². The second-order valence-corrected chi connectivity index (χ2v) is 6.00. The van der Waals surface area contributed by atoms with Gasteiger partial charge in [0, 0.05) is 6.54 Å². The van der Waals surface area contributed by atoms with E-state index in [2.05, 4.69) is 10.6 Å². The Hall–Kier alpha value is -0.910. The number of hydrogen-bond acceptors (Lipinski definition) is 3. The van der Waals surface area contributed by atoms with Gasteiger partial charge in [0.25, 0.3) is 0 Å². The van der Waals surface area contributed by atoms with Gasteiger partial charge < -0.3 is 15.7 Å². The van der Waals surface area contributed by atoms with Gasteiger partial charge in [-0.05, 0) is 30.8 Å². The SMILES string of the molecule is CSCCC(NC(=O)NCCC1CCCC1)C(=O)O. The third-order valence-corrected chi connectivity index (χ3v) is 4.17. The molecule has 1 aliphatic carbocycles. The quantitative estimate of drug-likeness (QED) is 0.639. The molecule has 0 radical (unpaired) electrons. The van der Waals surface area contributed by atoms with Crippen LogP contribution in [-0.2, 0) is 4.79 Å². The number of rotatable bonds is 8. The van der Waals surface area contributed by atoms with Crippen LogP contribution in [-0.4, -0.2) is 41.7 Å². The third-order valence-electron chi connectivity index (χ3n) is 3.53. The van der Waals surface area contributed by atoms with Crippen molar-refractivity contribution in [1.29, 1.82) is 0 Å². The van der Waals surface area contributed by atoms with Crippen molar-refractivity contribution in [3.63, 3.8) is 0 Å². The summed E-state index contributed by atoms with van der Waals surface area (Å²) in [4.78, 5) is 22.6. The number of urea groups is 1. The van der Waals surface area contributed by atoms with Crippen LogP contribution in [0.3, 0.4) is 0 Å². The van der Waals surface area contributed by atoms with E-state index >= 15 is 0 Å². The summed E-state index contributed by atoms with van der Waals surface area (Å²) in [7, 11) is 0. The molecule has 0 heterocycles. The summed E-state index contributed by atoms with van der Waals surface area (Å²) < 4.78 is 0. The Morgan fingerprint density at radius 2 is 2.05 bits per heavy atom. The molecule has 0 saturated heterocycles. The highest BCUT2D eigenvalue weighted by Crippen LogP contribution is 2.26. The summed E-state index contributed by atoms with van der Waals surface area (Å²) in [6.45, 7) is 0.630. The Labute approximate surface area is 118 Å². The molecule has 3 N–H and O–H groups in total. The van der Waals surface area contributed by atoms with E-state index in [0.29, 0.717) is 13.0 Å². The number of carbonyl (C=O) groups is 2. The maximum Gasteiger partial charge on any atom is 0.326 e. The molecule has 0 aromatic heterocycles. The Kier molecular flexibility index (Phi) is 7.70. The molecule has 0 aromatic carbocycles. The lowest BCUT2D eigenvalue weighted by Crippen LogP contribution is -2.46. The third kappa shape index (κ3) is 6.71. The maximum atomic E-state index is 11.6. The summed E-state index contributed by atoms with van der Waals surface area (Å²) in [5.41, 5.74) is 0. The first-order chi connectivity index (χ1) is 9.13. The van der Waals surface area contributed by atoms with Crippen LogP contribution in [0, 0.1) is 5.92 Å². The summed E-state index contributed by atoms with van der Waals surface area (Å²) >= 11 is 1.57. The van der Waals surface area contributed by atoms with Crippen LogP contribution in [0.2, 0.25) is 0 Å². The van der Waals surface area contributed by atoms with Gasteiger partial charge in [0.05, 0.1) is 0 Å². The number of amides is 2. The second kappa shape index (κ2) is 9.07. The van der Waals surface area contributed by atoms with E-state index in [1.165, 1.54) is 25.7 Å². The molecule has 6 heteroatoms. The van der Waals surface area contributed by atoms with Crippen LogP contribution < -0.4 is 10.6 Å². The molecule has 1 atom stereocenters. The van der Waals surface area contributed by atoms with E-state index < -0.39 is 12.0 Å². The molecular formula is C13H24N2O3S. The molecule has 1 rings (SSSR count). The minimum Gasteiger partial charge on any atom is -0.480 e. The number of aliphatic carboxylic acids is 1. The lowest BCUT2D eigenvalue weighted by molar-refractivity contribution is -0.139. The predicted molar refractivity (Wildman–Crippen MR) is 77.5 cm³/mol. The van der Waals surface area contributed by atoms with E-state index in [0.717, 1.165) is 18.1 Å². The van der Waals surface area contributed by atoms with E-state index in [-0.39, 0.29) is 6.03 Å².